The van der Waals surface area contributed by atoms with Crippen LogP contribution >= 0.6 is 11.8 Å². The van der Waals surface area contributed by atoms with Gasteiger partial charge < -0.3 is 5.73 Å². The number of aryl methyl sites for hydroxylation is 2. The number of hydrogen-bond acceptors (Lipinski definition) is 5. The zero-order chi connectivity index (χ0) is 12.4. The SMILES string of the molecule is Cc1nc(C2CSCCN2C)nc(C)c1CN. The molecule has 0 bridgehead atoms. The molecule has 0 amide bonds. The highest BCUT2D eigenvalue weighted by Crippen LogP contribution is 2.26. The van der Waals surface area contributed by atoms with Gasteiger partial charge in [0.1, 0.15) is 5.82 Å². The predicted molar refractivity (Wildman–Crippen MR) is 72.1 cm³/mol. The van der Waals surface area contributed by atoms with E-state index in [1.54, 1.807) is 0 Å². The summed E-state index contributed by atoms with van der Waals surface area (Å²) in [7, 11) is 2.15. The molecular weight excluding hydrogens is 232 g/mol. The van der Waals surface area contributed by atoms with E-state index >= 15 is 0 Å². The second kappa shape index (κ2) is 5.33. The normalized spacial score (nSPS) is 21.8. The molecule has 1 aliphatic heterocycles. The third-order valence-electron chi connectivity index (χ3n) is 3.34. The van der Waals surface area contributed by atoms with Crippen molar-refractivity contribution in [3.05, 3.63) is 22.8 Å². The Kier molecular flexibility index (Phi) is 4.01. The molecule has 0 radical (unpaired) electrons. The van der Waals surface area contributed by atoms with Crippen LogP contribution in [0.4, 0.5) is 0 Å². The first kappa shape index (κ1) is 12.8. The van der Waals surface area contributed by atoms with Gasteiger partial charge in [0.05, 0.1) is 6.04 Å². The zero-order valence-electron chi connectivity index (χ0n) is 10.7. The van der Waals surface area contributed by atoms with Crippen LogP contribution in [0.1, 0.15) is 28.8 Å². The van der Waals surface area contributed by atoms with Crippen LogP contribution in [0.5, 0.6) is 0 Å². The Balaban J connectivity index is 2.32. The van der Waals surface area contributed by atoms with Crippen molar-refractivity contribution < 1.29 is 0 Å². The smallest absolute Gasteiger partial charge is 0.146 e. The van der Waals surface area contributed by atoms with Crippen molar-refractivity contribution in [2.24, 2.45) is 5.73 Å². The Hall–Kier alpha value is -0.650. The Bertz CT molecular complexity index is 384. The van der Waals surface area contributed by atoms with Gasteiger partial charge in [-0.3, -0.25) is 4.90 Å². The lowest BCUT2D eigenvalue weighted by molar-refractivity contribution is 0.264. The van der Waals surface area contributed by atoms with Crippen LogP contribution in [0.15, 0.2) is 0 Å². The van der Waals surface area contributed by atoms with Gasteiger partial charge in [0, 0.05) is 41.5 Å². The Morgan fingerprint density at radius 3 is 2.53 bits per heavy atom. The van der Waals surface area contributed by atoms with E-state index in [9.17, 15) is 0 Å². The standard InChI is InChI=1S/C12H20N4S/c1-8-10(6-13)9(2)15-12(14-8)11-7-17-5-4-16(11)3/h11H,4-7,13H2,1-3H3. The molecule has 2 N–H and O–H groups in total. The second-order valence-corrected chi connectivity index (χ2v) is 5.66. The maximum Gasteiger partial charge on any atom is 0.146 e. The van der Waals surface area contributed by atoms with E-state index in [2.05, 4.69) is 21.9 Å². The van der Waals surface area contributed by atoms with Crippen molar-refractivity contribution in [1.29, 1.82) is 0 Å². The van der Waals surface area contributed by atoms with Crippen molar-refractivity contribution in [3.8, 4) is 0 Å². The first-order valence-corrected chi connectivity index (χ1v) is 7.11. The summed E-state index contributed by atoms with van der Waals surface area (Å²) >= 11 is 1.98. The molecule has 1 unspecified atom stereocenters. The summed E-state index contributed by atoms with van der Waals surface area (Å²) in [4.78, 5) is 11.6. The number of aromatic nitrogens is 2. The van der Waals surface area contributed by atoms with Crippen LogP contribution in [0.25, 0.3) is 0 Å². The fraction of sp³-hybridized carbons (Fsp3) is 0.667. The lowest BCUT2D eigenvalue weighted by Crippen LogP contribution is -2.34. The molecule has 1 atom stereocenters. The molecule has 2 rings (SSSR count). The van der Waals surface area contributed by atoms with Crippen molar-refractivity contribution in [3.63, 3.8) is 0 Å². The number of nitrogens with zero attached hydrogens (tertiary/aromatic N) is 3. The molecule has 17 heavy (non-hydrogen) atoms. The molecule has 5 heteroatoms. The monoisotopic (exact) mass is 252 g/mol. The maximum absolute atomic E-state index is 5.71. The minimum Gasteiger partial charge on any atom is -0.326 e. The summed E-state index contributed by atoms with van der Waals surface area (Å²) in [5.74, 6) is 3.23. The van der Waals surface area contributed by atoms with Crippen LogP contribution in [0.3, 0.4) is 0 Å². The van der Waals surface area contributed by atoms with Crippen LogP contribution in [0, 0.1) is 13.8 Å². The third kappa shape index (κ3) is 2.61. The Morgan fingerprint density at radius 1 is 1.35 bits per heavy atom. The van der Waals surface area contributed by atoms with Gasteiger partial charge in [-0.15, -0.1) is 0 Å². The van der Waals surface area contributed by atoms with Crippen LogP contribution < -0.4 is 5.73 Å². The van der Waals surface area contributed by atoms with Gasteiger partial charge >= 0.3 is 0 Å². The summed E-state index contributed by atoms with van der Waals surface area (Å²) in [5.41, 5.74) is 8.85. The van der Waals surface area contributed by atoms with Crippen molar-refractivity contribution in [2.45, 2.75) is 26.4 Å². The number of nitrogens with two attached hydrogens (primary N) is 1. The second-order valence-electron chi connectivity index (χ2n) is 4.51. The van der Waals surface area contributed by atoms with Crippen LogP contribution in [0.2, 0.25) is 0 Å². The van der Waals surface area contributed by atoms with E-state index in [1.165, 1.54) is 5.75 Å². The Morgan fingerprint density at radius 2 is 2.00 bits per heavy atom. The largest absolute Gasteiger partial charge is 0.326 e. The fourth-order valence-corrected chi connectivity index (χ4v) is 3.38. The average molecular weight is 252 g/mol. The van der Waals surface area contributed by atoms with Crippen molar-refractivity contribution >= 4 is 11.8 Å². The fourth-order valence-electron chi connectivity index (χ4n) is 2.17. The van der Waals surface area contributed by atoms with E-state index in [4.69, 9.17) is 5.73 Å². The highest BCUT2D eigenvalue weighted by molar-refractivity contribution is 7.99. The van der Waals surface area contributed by atoms with E-state index in [0.29, 0.717) is 12.6 Å². The van der Waals surface area contributed by atoms with Gasteiger partial charge in [0.15, 0.2) is 0 Å². The number of rotatable bonds is 2. The minimum absolute atomic E-state index is 0.345. The molecule has 2 heterocycles. The molecular formula is C12H20N4S. The summed E-state index contributed by atoms with van der Waals surface area (Å²) in [5, 5.41) is 0. The average Bonchev–Trinajstić information content (AvgIpc) is 2.29. The molecule has 0 aromatic carbocycles. The third-order valence-corrected chi connectivity index (χ3v) is 4.36. The van der Waals surface area contributed by atoms with E-state index < -0.39 is 0 Å². The van der Waals surface area contributed by atoms with Gasteiger partial charge in [-0.2, -0.15) is 11.8 Å². The molecule has 1 saturated heterocycles. The van der Waals surface area contributed by atoms with Crippen molar-refractivity contribution in [2.75, 3.05) is 25.1 Å². The number of thioether (sulfide) groups is 1. The van der Waals surface area contributed by atoms with Gasteiger partial charge in [0.25, 0.3) is 0 Å². The molecule has 1 aromatic heterocycles. The van der Waals surface area contributed by atoms with Gasteiger partial charge in [0.2, 0.25) is 0 Å². The quantitative estimate of drug-likeness (QED) is 0.859. The highest BCUT2D eigenvalue weighted by atomic mass is 32.2. The first-order chi connectivity index (χ1) is 8.13. The Labute approximate surface area is 107 Å². The minimum atomic E-state index is 0.345. The zero-order valence-corrected chi connectivity index (χ0v) is 11.5. The summed E-state index contributed by atoms with van der Waals surface area (Å²) in [6.45, 7) is 5.68. The molecule has 4 nitrogen and oxygen atoms in total. The predicted octanol–water partition coefficient (Wildman–Crippen LogP) is 1.27. The lowest BCUT2D eigenvalue weighted by Gasteiger charge is -2.31. The number of hydrogen-bond donors (Lipinski definition) is 1. The van der Waals surface area contributed by atoms with Crippen LogP contribution in [-0.2, 0) is 6.54 Å². The van der Waals surface area contributed by atoms with Gasteiger partial charge in [-0.05, 0) is 20.9 Å². The van der Waals surface area contributed by atoms with Crippen LogP contribution in [-0.4, -0.2) is 40.0 Å². The van der Waals surface area contributed by atoms with E-state index in [1.807, 2.05) is 25.6 Å². The van der Waals surface area contributed by atoms with Gasteiger partial charge in [-0.1, -0.05) is 0 Å². The van der Waals surface area contributed by atoms with E-state index in [0.717, 1.165) is 35.1 Å². The maximum atomic E-state index is 5.71. The first-order valence-electron chi connectivity index (χ1n) is 5.95. The highest BCUT2D eigenvalue weighted by Gasteiger charge is 2.24. The summed E-state index contributed by atoms with van der Waals surface area (Å²) in [6, 6.07) is 0.345. The summed E-state index contributed by atoms with van der Waals surface area (Å²) in [6.07, 6.45) is 0. The molecule has 1 aliphatic rings. The van der Waals surface area contributed by atoms with Crippen molar-refractivity contribution in [1.82, 2.24) is 14.9 Å². The molecule has 0 saturated carbocycles. The van der Waals surface area contributed by atoms with E-state index in [-0.39, 0.29) is 0 Å². The lowest BCUT2D eigenvalue weighted by atomic mass is 10.1. The summed E-state index contributed by atoms with van der Waals surface area (Å²) < 4.78 is 0. The molecule has 94 valence electrons. The molecule has 0 aliphatic carbocycles. The topological polar surface area (TPSA) is 55.0 Å². The molecule has 1 aromatic rings. The van der Waals surface area contributed by atoms with Gasteiger partial charge in [-0.25, -0.2) is 9.97 Å². The molecule has 1 fully saturated rings. The molecule has 0 spiro atoms.